The fourth-order valence-corrected chi connectivity index (χ4v) is 1.73. The summed E-state index contributed by atoms with van der Waals surface area (Å²) in [6.45, 7) is 9.10. The van der Waals surface area contributed by atoms with Crippen LogP contribution < -0.4 is 14.8 Å². The Morgan fingerprint density at radius 1 is 1.22 bits per heavy atom. The minimum Gasteiger partial charge on any atom is -0.493 e. The highest BCUT2D eigenvalue weighted by Gasteiger charge is 2.07. The lowest BCUT2D eigenvalue weighted by Gasteiger charge is -2.15. The van der Waals surface area contributed by atoms with E-state index in [1.165, 1.54) is 5.56 Å². The third-order valence-corrected chi connectivity index (χ3v) is 2.90. The van der Waals surface area contributed by atoms with Gasteiger partial charge in [0, 0.05) is 12.5 Å². The highest BCUT2D eigenvalue weighted by molar-refractivity contribution is 5.42. The fraction of sp³-hybridized carbons (Fsp3) is 0.600. The van der Waals surface area contributed by atoms with Crippen molar-refractivity contribution in [1.82, 2.24) is 5.32 Å². The second kappa shape index (κ2) is 7.98. The van der Waals surface area contributed by atoms with Crippen LogP contribution in [0, 0.1) is 5.92 Å². The molecule has 0 heterocycles. The smallest absolute Gasteiger partial charge is 0.161 e. The minimum absolute atomic E-state index is 0.487. The van der Waals surface area contributed by atoms with E-state index >= 15 is 0 Å². The highest BCUT2D eigenvalue weighted by atomic mass is 16.5. The Balaban J connectivity index is 2.55. The molecule has 3 nitrogen and oxygen atoms in total. The highest BCUT2D eigenvalue weighted by Crippen LogP contribution is 2.28. The summed E-state index contributed by atoms with van der Waals surface area (Å²) in [7, 11) is 1.68. The average molecular weight is 251 g/mol. The van der Waals surface area contributed by atoms with Crippen LogP contribution >= 0.6 is 0 Å². The first-order valence-electron chi connectivity index (χ1n) is 6.71. The molecule has 0 aliphatic rings. The van der Waals surface area contributed by atoms with Crippen LogP contribution in [0.2, 0.25) is 0 Å². The average Bonchev–Trinajstić information content (AvgIpc) is 2.42. The maximum Gasteiger partial charge on any atom is 0.161 e. The van der Waals surface area contributed by atoms with Crippen molar-refractivity contribution in [3.8, 4) is 11.5 Å². The Hall–Kier alpha value is -1.22. The molecule has 0 saturated heterocycles. The first-order chi connectivity index (χ1) is 8.71. The zero-order chi connectivity index (χ0) is 13.4. The number of hydrogen-bond acceptors (Lipinski definition) is 3. The Labute approximate surface area is 110 Å². The molecular weight excluding hydrogens is 226 g/mol. The first kappa shape index (κ1) is 14.8. The van der Waals surface area contributed by atoms with Crippen molar-refractivity contribution in [2.45, 2.75) is 27.2 Å². The van der Waals surface area contributed by atoms with E-state index in [-0.39, 0.29) is 0 Å². The second-order valence-corrected chi connectivity index (χ2v) is 4.56. The first-order valence-corrected chi connectivity index (χ1v) is 6.71. The molecule has 102 valence electrons. The molecule has 1 atom stereocenters. The molecule has 1 unspecified atom stereocenters. The van der Waals surface area contributed by atoms with Gasteiger partial charge in [0.1, 0.15) is 0 Å². The Morgan fingerprint density at radius 2 is 2.00 bits per heavy atom. The number of benzene rings is 1. The van der Waals surface area contributed by atoms with Gasteiger partial charge < -0.3 is 14.8 Å². The van der Waals surface area contributed by atoms with E-state index in [0.717, 1.165) is 31.0 Å². The van der Waals surface area contributed by atoms with E-state index in [0.29, 0.717) is 12.5 Å². The number of hydrogen-bond donors (Lipinski definition) is 1. The number of nitrogens with one attached hydrogen (secondary N) is 1. The summed E-state index contributed by atoms with van der Waals surface area (Å²) >= 11 is 0. The summed E-state index contributed by atoms with van der Waals surface area (Å²) in [5.41, 5.74) is 1.26. The minimum atomic E-state index is 0.487. The Bertz CT molecular complexity index is 352. The van der Waals surface area contributed by atoms with Gasteiger partial charge in [-0.15, -0.1) is 0 Å². The number of aryl methyl sites for hydroxylation is 1. The van der Waals surface area contributed by atoms with E-state index in [2.05, 4.69) is 32.2 Å². The van der Waals surface area contributed by atoms with E-state index in [1.807, 2.05) is 12.1 Å². The van der Waals surface area contributed by atoms with E-state index in [9.17, 15) is 0 Å². The molecule has 0 bridgehead atoms. The standard InChI is InChI=1S/C15H25NO2/c1-5-13-7-8-14(15(9-13)17-4)18-11-12(3)10-16-6-2/h7-9,12,16H,5-6,10-11H2,1-4H3. The molecule has 1 aromatic rings. The number of ether oxygens (including phenoxy) is 2. The van der Waals surface area contributed by atoms with Crippen molar-refractivity contribution in [3.05, 3.63) is 23.8 Å². The lowest BCUT2D eigenvalue weighted by molar-refractivity contribution is 0.244. The van der Waals surface area contributed by atoms with Gasteiger partial charge in [-0.25, -0.2) is 0 Å². The van der Waals surface area contributed by atoms with Crippen LogP contribution in [0.1, 0.15) is 26.3 Å². The molecule has 0 radical (unpaired) electrons. The van der Waals surface area contributed by atoms with Gasteiger partial charge in [-0.1, -0.05) is 26.8 Å². The third kappa shape index (κ3) is 4.57. The van der Waals surface area contributed by atoms with Crippen LogP contribution in [0.3, 0.4) is 0 Å². The van der Waals surface area contributed by atoms with Gasteiger partial charge in [-0.05, 0) is 30.7 Å². The monoisotopic (exact) mass is 251 g/mol. The fourth-order valence-electron chi connectivity index (χ4n) is 1.73. The summed E-state index contributed by atoms with van der Waals surface area (Å²) in [5.74, 6) is 2.14. The summed E-state index contributed by atoms with van der Waals surface area (Å²) in [6, 6.07) is 6.13. The predicted molar refractivity (Wildman–Crippen MR) is 75.6 cm³/mol. The molecule has 0 saturated carbocycles. The van der Waals surface area contributed by atoms with Crippen molar-refractivity contribution < 1.29 is 9.47 Å². The predicted octanol–water partition coefficient (Wildman–Crippen LogP) is 2.88. The molecule has 1 aromatic carbocycles. The lowest BCUT2D eigenvalue weighted by atomic mass is 10.1. The molecule has 18 heavy (non-hydrogen) atoms. The van der Waals surface area contributed by atoms with E-state index in [1.54, 1.807) is 7.11 Å². The van der Waals surface area contributed by atoms with Crippen LogP contribution in [0.5, 0.6) is 11.5 Å². The molecule has 0 aliphatic heterocycles. The zero-order valence-corrected chi connectivity index (χ0v) is 12.0. The molecular formula is C15H25NO2. The summed E-state index contributed by atoms with van der Waals surface area (Å²) in [5, 5.41) is 3.32. The molecule has 1 N–H and O–H groups in total. The SMILES string of the molecule is CCNCC(C)COc1ccc(CC)cc1OC. The van der Waals surface area contributed by atoms with Gasteiger partial charge >= 0.3 is 0 Å². The lowest BCUT2D eigenvalue weighted by Crippen LogP contribution is -2.24. The van der Waals surface area contributed by atoms with Crippen molar-refractivity contribution in [2.24, 2.45) is 5.92 Å². The van der Waals surface area contributed by atoms with Crippen molar-refractivity contribution in [1.29, 1.82) is 0 Å². The van der Waals surface area contributed by atoms with Crippen LogP contribution in [-0.4, -0.2) is 26.8 Å². The molecule has 0 fully saturated rings. The summed E-state index contributed by atoms with van der Waals surface area (Å²) in [4.78, 5) is 0. The van der Waals surface area contributed by atoms with Crippen LogP contribution in [0.4, 0.5) is 0 Å². The second-order valence-electron chi connectivity index (χ2n) is 4.56. The van der Waals surface area contributed by atoms with Crippen molar-refractivity contribution in [2.75, 3.05) is 26.8 Å². The maximum atomic E-state index is 5.82. The molecule has 0 amide bonds. The van der Waals surface area contributed by atoms with Crippen LogP contribution in [0.15, 0.2) is 18.2 Å². The largest absolute Gasteiger partial charge is 0.493 e. The Morgan fingerprint density at radius 3 is 2.61 bits per heavy atom. The zero-order valence-electron chi connectivity index (χ0n) is 12.0. The van der Waals surface area contributed by atoms with Gasteiger partial charge in [0.05, 0.1) is 13.7 Å². The molecule has 1 rings (SSSR count). The van der Waals surface area contributed by atoms with Crippen LogP contribution in [-0.2, 0) is 6.42 Å². The van der Waals surface area contributed by atoms with E-state index in [4.69, 9.17) is 9.47 Å². The quantitative estimate of drug-likeness (QED) is 0.770. The number of methoxy groups -OCH3 is 1. The van der Waals surface area contributed by atoms with Gasteiger partial charge in [-0.3, -0.25) is 0 Å². The summed E-state index contributed by atoms with van der Waals surface area (Å²) in [6.07, 6.45) is 1.01. The normalized spacial score (nSPS) is 12.2. The van der Waals surface area contributed by atoms with Crippen LogP contribution in [0.25, 0.3) is 0 Å². The van der Waals surface area contributed by atoms with Gasteiger partial charge in [0.25, 0.3) is 0 Å². The molecule has 0 aromatic heterocycles. The van der Waals surface area contributed by atoms with Gasteiger partial charge in [0.2, 0.25) is 0 Å². The summed E-state index contributed by atoms with van der Waals surface area (Å²) < 4.78 is 11.2. The topological polar surface area (TPSA) is 30.5 Å². The number of rotatable bonds is 8. The Kier molecular flexibility index (Phi) is 6.58. The molecule has 3 heteroatoms. The van der Waals surface area contributed by atoms with Crippen molar-refractivity contribution >= 4 is 0 Å². The van der Waals surface area contributed by atoms with Crippen molar-refractivity contribution in [3.63, 3.8) is 0 Å². The van der Waals surface area contributed by atoms with E-state index < -0.39 is 0 Å². The molecule has 0 spiro atoms. The third-order valence-electron chi connectivity index (χ3n) is 2.90. The van der Waals surface area contributed by atoms with Gasteiger partial charge in [0.15, 0.2) is 11.5 Å². The van der Waals surface area contributed by atoms with Gasteiger partial charge in [-0.2, -0.15) is 0 Å². The molecule has 0 aliphatic carbocycles. The maximum absolute atomic E-state index is 5.82.